The average molecular weight is 353 g/mol. The Balaban J connectivity index is 1.88. The number of nitrogens with zero attached hydrogens (tertiary/aromatic N) is 2. The quantitative estimate of drug-likeness (QED) is 0.468. The van der Waals surface area contributed by atoms with Crippen LogP contribution in [0.15, 0.2) is 59.2 Å². The summed E-state index contributed by atoms with van der Waals surface area (Å²) in [5, 5.41) is 14.9. The second-order valence-corrected chi connectivity index (χ2v) is 5.61. The van der Waals surface area contributed by atoms with Gasteiger partial charge in [0.05, 0.1) is 11.1 Å². The van der Waals surface area contributed by atoms with Crippen molar-refractivity contribution < 1.29 is 14.5 Å². The number of amides is 1. The third-order valence-electron chi connectivity index (χ3n) is 3.32. The van der Waals surface area contributed by atoms with Gasteiger partial charge in [-0.1, -0.05) is 42.5 Å². The molecule has 0 heterocycles. The molecule has 2 aromatic rings. The highest BCUT2D eigenvalue weighted by molar-refractivity contribution is 5.86. The lowest BCUT2D eigenvalue weighted by atomic mass is 10.1. The Morgan fingerprint density at radius 1 is 1.27 bits per heavy atom. The third kappa shape index (κ3) is 5.86. The van der Waals surface area contributed by atoms with Crippen molar-refractivity contribution in [2.24, 2.45) is 5.10 Å². The van der Waals surface area contributed by atoms with E-state index in [0.717, 1.165) is 16.7 Å². The highest BCUT2D eigenvalue weighted by atomic mass is 16.6. The molecule has 0 aromatic heterocycles. The van der Waals surface area contributed by atoms with E-state index in [1.54, 1.807) is 13.0 Å². The topological polar surface area (TPSA) is 93.8 Å². The molecular weight excluding hydrogens is 334 g/mol. The number of hydrogen-bond donors (Lipinski definition) is 1. The zero-order valence-electron chi connectivity index (χ0n) is 14.5. The van der Waals surface area contributed by atoms with Crippen molar-refractivity contribution in [2.45, 2.75) is 13.8 Å². The molecule has 0 bridgehead atoms. The lowest BCUT2D eigenvalue weighted by molar-refractivity contribution is -0.385. The van der Waals surface area contributed by atoms with Gasteiger partial charge in [-0.3, -0.25) is 14.9 Å². The summed E-state index contributed by atoms with van der Waals surface area (Å²) in [4.78, 5) is 22.2. The maximum atomic E-state index is 11.8. The fraction of sp³-hybridized carbons (Fsp3) is 0.158. The normalized spacial score (nSPS) is 11.4. The van der Waals surface area contributed by atoms with E-state index in [9.17, 15) is 14.9 Å². The number of carbonyl (C=O) groups is 1. The van der Waals surface area contributed by atoms with Crippen LogP contribution in [-0.2, 0) is 4.79 Å². The van der Waals surface area contributed by atoms with Crippen molar-refractivity contribution in [1.82, 2.24) is 5.43 Å². The molecular formula is C19H19N3O4. The SMILES string of the molecule is CC(/C=N/NC(=O)COc1ccc(C)cc1[N+](=O)[O-])=C\c1ccccc1. The molecule has 0 spiro atoms. The van der Waals surface area contributed by atoms with Gasteiger partial charge in [0.2, 0.25) is 0 Å². The van der Waals surface area contributed by atoms with Gasteiger partial charge in [-0.05, 0) is 36.6 Å². The molecule has 0 saturated heterocycles. The minimum Gasteiger partial charge on any atom is -0.477 e. The summed E-state index contributed by atoms with van der Waals surface area (Å²) in [6.07, 6.45) is 3.43. The molecule has 0 aliphatic rings. The molecule has 7 heteroatoms. The molecule has 0 saturated carbocycles. The van der Waals surface area contributed by atoms with E-state index in [0.29, 0.717) is 0 Å². The summed E-state index contributed by atoms with van der Waals surface area (Å²) < 4.78 is 5.23. The molecule has 0 radical (unpaired) electrons. The lowest BCUT2D eigenvalue weighted by Gasteiger charge is -2.06. The van der Waals surface area contributed by atoms with E-state index in [-0.39, 0.29) is 18.0 Å². The standard InChI is InChI=1S/C19H19N3O4/c1-14-8-9-18(17(11-14)22(24)25)26-13-19(23)21-20-12-15(2)10-16-6-4-3-5-7-16/h3-12H,13H2,1-2H3,(H,21,23)/b15-10+,20-12+. The zero-order chi connectivity index (χ0) is 18.9. The minimum absolute atomic E-state index is 0.0416. The van der Waals surface area contributed by atoms with Gasteiger partial charge in [-0.2, -0.15) is 5.10 Å². The highest BCUT2D eigenvalue weighted by Gasteiger charge is 2.16. The van der Waals surface area contributed by atoms with Crippen LogP contribution in [0.5, 0.6) is 5.75 Å². The van der Waals surface area contributed by atoms with Crippen molar-refractivity contribution in [3.63, 3.8) is 0 Å². The molecule has 1 N–H and O–H groups in total. The first kappa shape index (κ1) is 18.9. The summed E-state index contributed by atoms with van der Waals surface area (Å²) in [7, 11) is 0. The smallest absolute Gasteiger partial charge is 0.311 e. The van der Waals surface area contributed by atoms with Gasteiger partial charge in [0.1, 0.15) is 0 Å². The Morgan fingerprint density at radius 3 is 2.69 bits per heavy atom. The number of hydrogen-bond acceptors (Lipinski definition) is 5. The number of nitro benzene ring substituents is 1. The van der Waals surface area contributed by atoms with Gasteiger partial charge in [0.15, 0.2) is 12.4 Å². The van der Waals surface area contributed by atoms with Gasteiger partial charge >= 0.3 is 5.69 Å². The number of benzene rings is 2. The molecule has 2 aromatic carbocycles. The minimum atomic E-state index is -0.546. The lowest BCUT2D eigenvalue weighted by Crippen LogP contribution is -2.24. The molecule has 2 rings (SSSR count). The van der Waals surface area contributed by atoms with Crippen LogP contribution >= 0.6 is 0 Å². The zero-order valence-corrected chi connectivity index (χ0v) is 14.5. The number of hydrazone groups is 1. The summed E-state index contributed by atoms with van der Waals surface area (Å²) in [5.41, 5.74) is 4.76. The third-order valence-corrected chi connectivity index (χ3v) is 3.32. The molecule has 7 nitrogen and oxygen atoms in total. The van der Waals surface area contributed by atoms with Crippen LogP contribution in [0.2, 0.25) is 0 Å². The first-order valence-electron chi connectivity index (χ1n) is 7.89. The molecule has 134 valence electrons. The highest BCUT2D eigenvalue weighted by Crippen LogP contribution is 2.27. The van der Waals surface area contributed by atoms with Crippen molar-refractivity contribution >= 4 is 23.9 Å². The molecule has 0 unspecified atom stereocenters. The van der Waals surface area contributed by atoms with Crippen molar-refractivity contribution in [2.75, 3.05) is 6.61 Å². The molecule has 26 heavy (non-hydrogen) atoms. The van der Waals surface area contributed by atoms with Crippen molar-refractivity contribution in [3.05, 3.63) is 75.3 Å². The molecule has 1 amide bonds. The number of ether oxygens (including phenoxy) is 1. The Labute approximate surface area is 151 Å². The Bertz CT molecular complexity index is 845. The van der Waals surface area contributed by atoms with Crippen LogP contribution in [-0.4, -0.2) is 23.7 Å². The average Bonchev–Trinajstić information content (AvgIpc) is 2.61. The summed E-state index contributed by atoms with van der Waals surface area (Å²) >= 11 is 0. The maximum Gasteiger partial charge on any atom is 0.311 e. The van der Waals surface area contributed by atoms with Crippen LogP contribution in [0.25, 0.3) is 6.08 Å². The molecule has 0 aliphatic heterocycles. The number of rotatable bonds is 7. The van der Waals surface area contributed by atoms with Gasteiger partial charge in [-0.25, -0.2) is 5.43 Å². The number of allylic oxidation sites excluding steroid dienone is 1. The van der Waals surface area contributed by atoms with E-state index in [1.165, 1.54) is 18.3 Å². The largest absolute Gasteiger partial charge is 0.477 e. The predicted molar refractivity (Wildman–Crippen MR) is 100 cm³/mol. The monoisotopic (exact) mass is 353 g/mol. The van der Waals surface area contributed by atoms with Crippen LogP contribution in [0.1, 0.15) is 18.1 Å². The fourth-order valence-electron chi connectivity index (χ4n) is 2.12. The van der Waals surface area contributed by atoms with E-state index in [4.69, 9.17) is 4.74 Å². The molecule has 0 atom stereocenters. The Hall–Kier alpha value is -3.48. The fourth-order valence-corrected chi connectivity index (χ4v) is 2.12. The van der Waals surface area contributed by atoms with E-state index >= 15 is 0 Å². The number of nitro groups is 1. The Kier molecular flexibility index (Phi) is 6.61. The summed E-state index contributed by atoms with van der Waals surface area (Å²) in [5.74, 6) is -0.469. The Morgan fingerprint density at radius 2 is 2.00 bits per heavy atom. The van der Waals surface area contributed by atoms with Crippen LogP contribution in [0, 0.1) is 17.0 Å². The first-order chi connectivity index (χ1) is 12.5. The van der Waals surface area contributed by atoms with Gasteiger partial charge < -0.3 is 4.74 Å². The second kappa shape index (κ2) is 9.12. The number of nitrogens with one attached hydrogen (secondary N) is 1. The second-order valence-electron chi connectivity index (χ2n) is 5.61. The van der Waals surface area contributed by atoms with Crippen LogP contribution in [0.3, 0.4) is 0 Å². The van der Waals surface area contributed by atoms with Crippen LogP contribution in [0.4, 0.5) is 5.69 Å². The van der Waals surface area contributed by atoms with E-state index < -0.39 is 10.8 Å². The predicted octanol–water partition coefficient (Wildman–Crippen LogP) is 3.49. The van der Waals surface area contributed by atoms with E-state index in [2.05, 4.69) is 10.5 Å². The van der Waals surface area contributed by atoms with Crippen LogP contribution < -0.4 is 10.2 Å². The first-order valence-corrected chi connectivity index (χ1v) is 7.89. The number of aryl methyl sites for hydroxylation is 1. The van der Waals surface area contributed by atoms with Gasteiger partial charge in [0, 0.05) is 6.07 Å². The maximum absolute atomic E-state index is 11.8. The summed E-state index contributed by atoms with van der Waals surface area (Å²) in [6, 6.07) is 14.2. The van der Waals surface area contributed by atoms with Crippen molar-refractivity contribution in [1.29, 1.82) is 0 Å². The summed E-state index contributed by atoms with van der Waals surface area (Å²) in [6.45, 7) is 3.22. The number of carbonyl (C=O) groups excluding carboxylic acids is 1. The molecule has 0 aliphatic carbocycles. The van der Waals surface area contributed by atoms with Crippen molar-refractivity contribution in [3.8, 4) is 5.75 Å². The molecule has 0 fully saturated rings. The van der Waals surface area contributed by atoms with Gasteiger partial charge in [0.25, 0.3) is 5.91 Å². The van der Waals surface area contributed by atoms with Gasteiger partial charge in [-0.15, -0.1) is 0 Å². The van der Waals surface area contributed by atoms with E-state index in [1.807, 2.05) is 43.3 Å².